The first-order valence-corrected chi connectivity index (χ1v) is 6.69. The normalized spacial score (nSPS) is 39.0. The highest BCUT2D eigenvalue weighted by Gasteiger charge is 2.63. The molecule has 9 nitrogen and oxygen atoms in total. The summed E-state index contributed by atoms with van der Waals surface area (Å²) in [4.78, 5) is 12.0. The van der Waals surface area contributed by atoms with Crippen molar-refractivity contribution < 1.29 is 20.1 Å². The fraction of sp³-hybridized carbons (Fsp3) is 0.583. The molecular weight excluding hydrogens is 278 g/mol. The zero-order chi connectivity index (χ0) is 14.8. The van der Waals surface area contributed by atoms with Gasteiger partial charge in [0.1, 0.15) is 29.7 Å². The van der Waals surface area contributed by atoms with E-state index in [4.69, 9.17) is 10.5 Å². The van der Waals surface area contributed by atoms with Crippen molar-refractivity contribution in [2.45, 2.75) is 43.0 Å². The highest BCUT2D eigenvalue weighted by molar-refractivity contribution is 5.81. The van der Waals surface area contributed by atoms with E-state index >= 15 is 0 Å². The van der Waals surface area contributed by atoms with Crippen molar-refractivity contribution in [3.63, 3.8) is 0 Å². The van der Waals surface area contributed by atoms with Crippen LogP contribution >= 0.6 is 0 Å². The van der Waals surface area contributed by atoms with Crippen LogP contribution in [0.1, 0.15) is 19.1 Å². The van der Waals surface area contributed by atoms with Gasteiger partial charge in [0, 0.05) is 0 Å². The van der Waals surface area contributed by atoms with Gasteiger partial charge in [-0.2, -0.15) is 0 Å². The number of anilines is 1. The average molecular weight is 293 g/mol. The summed E-state index contributed by atoms with van der Waals surface area (Å²) in [6, 6.07) is 0. The minimum absolute atomic E-state index is 0.227. The highest BCUT2D eigenvalue weighted by Crippen LogP contribution is 2.49. The number of fused-ring (bicyclic) bond motifs is 1. The molecule has 1 aliphatic carbocycles. The molecule has 2 aliphatic rings. The first-order chi connectivity index (χ1) is 10.0. The molecule has 0 radical (unpaired) electrons. The zero-order valence-electron chi connectivity index (χ0n) is 11.0. The second kappa shape index (κ2) is 4.10. The molecule has 1 saturated carbocycles. The fourth-order valence-electron chi connectivity index (χ4n) is 3.13. The molecular formula is C12H15N5O4. The van der Waals surface area contributed by atoms with Crippen molar-refractivity contribution in [3.05, 3.63) is 12.7 Å². The van der Waals surface area contributed by atoms with Crippen LogP contribution in [0.4, 0.5) is 5.82 Å². The zero-order valence-corrected chi connectivity index (χ0v) is 11.0. The molecule has 2 aromatic rings. The maximum absolute atomic E-state index is 10.3. The third kappa shape index (κ3) is 1.51. The van der Waals surface area contributed by atoms with Crippen LogP contribution in [0.5, 0.6) is 0 Å². The predicted octanol–water partition coefficient (Wildman–Crippen LogP) is -1.45. The van der Waals surface area contributed by atoms with Crippen LogP contribution in [-0.4, -0.2) is 58.8 Å². The smallest absolute Gasteiger partial charge is 0.167 e. The first kappa shape index (κ1) is 12.9. The third-order valence-electron chi connectivity index (χ3n) is 4.49. The molecule has 3 heterocycles. The summed E-state index contributed by atoms with van der Waals surface area (Å²) in [5, 5.41) is 30.4. The summed E-state index contributed by atoms with van der Waals surface area (Å²) in [5.74, 6) is 0.227. The van der Waals surface area contributed by atoms with Crippen molar-refractivity contribution >= 4 is 17.0 Å². The molecule has 4 rings (SSSR count). The Morgan fingerprint density at radius 1 is 1.29 bits per heavy atom. The molecule has 0 amide bonds. The van der Waals surface area contributed by atoms with E-state index in [0.29, 0.717) is 24.0 Å². The molecule has 0 aromatic carbocycles. The standard InChI is InChI=1S/C12H15N5O4/c13-9-6-10(15-3-14-9)17(4-16-6)11-7(19)8(20)12(21-11)2-1-5(12)18/h3-5,7-8,11,18-20H,1-2H2,(H2,13,14,15)/t5-,7?,8+,11+,12+/m0/s1. The number of hydrogen-bond donors (Lipinski definition) is 4. The highest BCUT2D eigenvalue weighted by atomic mass is 16.6. The van der Waals surface area contributed by atoms with Gasteiger partial charge in [-0.1, -0.05) is 0 Å². The molecule has 1 aliphatic heterocycles. The molecule has 1 saturated heterocycles. The number of aliphatic hydroxyl groups excluding tert-OH is 3. The number of nitrogen functional groups attached to an aromatic ring is 1. The van der Waals surface area contributed by atoms with E-state index in [0.717, 1.165) is 0 Å². The first-order valence-electron chi connectivity index (χ1n) is 6.69. The molecule has 1 spiro atoms. The van der Waals surface area contributed by atoms with Gasteiger partial charge in [-0.25, -0.2) is 15.0 Å². The molecule has 0 bridgehead atoms. The van der Waals surface area contributed by atoms with E-state index in [1.807, 2.05) is 0 Å². The van der Waals surface area contributed by atoms with E-state index in [9.17, 15) is 15.3 Å². The van der Waals surface area contributed by atoms with Gasteiger partial charge in [0.2, 0.25) is 0 Å². The second-order valence-corrected chi connectivity index (χ2v) is 5.54. The SMILES string of the molecule is Nc1ncnc2c1ncn2[C@@H]1O[C@@]2(CC[C@@H]2O)[C@H](O)C1O. The molecule has 21 heavy (non-hydrogen) atoms. The van der Waals surface area contributed by atoms with Crippen molar-refractivity contribution in [1.82, 2.24) is 19.5 Å². The van der Waals surface area contributed by atoms with Gasteiger partial charge >= 0.3 is 0 Å². The Balaban J connectivity index is 1.78. The average Bonchev–Trinajstić information content (AvgIpc) is 3.01. The molecule has 2 fully saturated rings. The van der Waals surface area contributed by atoms with Gasteiger partial charge < -0.3 is 25.8 Å². The lowest BCUT2D eigenvalue weighted by atomic mass is 9.73. The maximum atomic E-state index is 10.3. The van der Waals surface area contributed by atoms with Crippen LogP contribution in [0.3, 0.4) is 0 Å². The van der Waals surface area contributed by atoms with Crippen molar-refractivity contribution in [3.8, 4) is 0 Å². The van der Waals surface area contributed by atoms with Crippen LogP contribution in [0, 0.1) is 0 Å². The van der Waals surface area contributed by atoms with Crippen LogP contribution in [0.25, 0.3) is 11.2 Å². The number of aliphatic hydroxyl groups is 3. The fourth-order valence-corrected chi connectivity index (χ4v) is 3.13. The van der Waals surface area contributed by atoms with Crippen LogP contribution in [-0.2, 0) is 4.74 Å². The largest absolute Gasteiger partial charge is 0.390 e. The van der Waals surface area contributed by atoms with E-state index in [-0.39, 0.29) is 5.82 Å². The molecule has 5 N–H and O–H groups in total. The van der Waals surface area contributed by atoms with Gasteiger partial charge in [-0.05, 0) is 12.8 Å². The Bertz CT molecular complexity index is 706. The second-order valence-electron chi connectivity index (χ2n) is 5.54. The van der Waals surface area contributed by atoms with Crippen LogP contribution < -0.4 is 5.73 Å². The Labute approximate surface area is 119 Å². The Morgan fingerprint density at radius 3 is 2.71 bits per heavy atom. The molecule has 112 valence electrons. The number of imidazole rings is 1. The van der Waals surface area contributed by atoms with Crippen molar-refractivity contribution in [2.24, 2.45) is 0 Å². The molecule has 2 aromatic heterocycles. The van der Waals surface area contributed by atoms with E-state index < -0.39 is 30.1 Å². The topological polar surface area (TPSA) is 140 Å². The van der Waals surface area contributed by atoms with Gasteiger partial charge in [-0.15, -0.1) is 0 Å². The number of nitrogens with zero attached hydrogens (tertiary/aromatic N) is 4. The Morgan fingerprint density at radius 2 is 2.10 bits per heavy atom. The lowest BCUT2D eigenvalue weighted by Gasteiger charge is -2.44. The Hall–Kier alpha value is -1.81. The van der Waals surface area contributed by atoms with E-state index in [1.54, 1.807) is 0 Å². The van der Waals surface area contributed by atoms with Gasteiger partial charge in [0.15, 0.2) is 17.7 Å². The molecule has 5 atom stereocenters. The summed E-state index contributed by atoms with van der Waals surface area (Å²) in [5.41, 5.74) is 5.42. The number of ether oxygens (including phenoxy) is 1. The van der Waals surface area contributed by atoms with Crippen molar-refractivity contribution in [1.29, 1.82) is 0 Å². The van der Waals surface area contributed by atoms with Gasteiger partial charge in [-0.3, -0.25) is 4.57 Å². The lowest BCUT2D eigenvalue weighted by Crippen LogP contribution is -2.59. The molecule has 9 heteroatoms. The minimum atomic E-state index is -1.19. The van der Waals surface area contributed by atoms with Gasteiger partial charge in [0.25, 0.3) is 0 Å². The van der Waals surface area contributed by atoms with E-state index in [2.05, 4.69) is 15.0 Å². The van der Waals surface area contributed by atoms with Gasteiger partial charge in [0.05, 0.1) is 12.4 Å². The number of nitrogens with two attached hydrogens (primary N) is 1. The summed E-state index contributed by atoms with van der Waals surface area (Å²) in [7, 11) is 0. The summed E-state index contributed by atoms with van der Waals surface area (Å²) in [6.45, 7) is 0. The lowest BCUT2D eigenvalue weighted by molar-refractivity contribution is -0.213. The molecule has 1 unspecified atom stereocenters. The summed E-state index contributed by atoms with van der Waals surface area (Å²) >= 11 is 0. The maximum Gasteiger partial charge on any atom is 0.167 e. The number of hydrogen-bond acceptors (Lipinski definition) is 8. The predicted molar refractivity (Wildman–Crippen MR) is 69.8 cm³/mol. The minimum Gasteiger partial charge on any atom is -0.390 e. The van der Waals surface area contributed by atoms with E-state index in [1.165, 1.54) is 17.2 Å². The quantitative estimate of drug-likeness (QED) is 0.501. The van der Waals surface area contributed by atoms with Crippen LogP contribution in [0.2, 0.25) is 0 Å². The third-order valence-corrected chi connectivity index (χ3v) is 4.49. The van der Waals surface area contributed by atoms with Crippen LogP contribution in [0.15, 0.2) is 12.7 Å². The summed E-state index contributed by atoms with van der Waals surface area (Å²) < 4.78 is 7.29. The Kier molecular flexibility index (Phi) is 2.52. The monoisotopic (exact) mass is 293 g/mol. The number of rotatable bonds is 1. The number of aromatic nitrogens is 4. The summed E-state index contributed by atoms with van der Waals surface area (Å²) in [6.07, 6.45) is -0.266. The van der Waals surface area contributed by atoms with Crippen molar-refractivity contribution in [2.75, 3.05) is 5.73 Å².